The van der Waals surface area contributed by atoms with Crippen molar-refractivity contribution in [1.29, 1.82) is 0 Å². The van der Waals surface area contributed by atoms with Crippen molar-refractivity contribution in [3.8, 4) is 0 Å². The van der Waals surface area contributed by atoms with Crippen LogP contribution in [0.3, 0.4) is 0 Å². The Bertz CT molecular complexity index is 345. The fraction of sp³-hybridized carbons (Fsp3) is 0.500. The Morgan fingerprint density at radius 2 is 2.43 bits per heavy atom. The van der Waals surface area contributed by atoms with Gasteiger partial charge in [0.2, 0.25) is 0 Å². The largest absolute Gasteiger partial charge is 0.389 e. The summed E-state index contributed by atoms with van der Waals surface area (Å²) in [5.74, 6) is -0.0421. The van der Waals surface area contributed by atoms with Crippen molar-refractivity contribution in [2.24, 2.45) is 0 Å². The van der Waals surface area contributed by atoms with Gasteiger partial charge in [-0.2, -0.15) is 4.68 Å². The lowest BCUT2D eigenvalue weighted by Gasteiger charge is -1.94. The zero-order chi connectivity index (χ0) is 10.6. The van der Waals surface area contributed by atoms with Crippen LogP contribution in [0.1, 0.15) is 19.8 Å². The van der Waals surface area contributed by atoms with Gasteiger partial charge in [0.1, 0.15) is 5.78 Å². The molecule has 0 saturated carbocycles. The standard InChI is InChI=1S/C8H11N3O3/c1-7(12)3-2-5-10-6-4-8(9-10)11(13)14/h4,6H,2-3,5H2,1H3. The zero-order valence-corrected chi connectivity index (χ0v) is 7.84. The van der Waals surface area contributed by atoms with Crippen LogP contribution >= 0.6 is 0 Å². The Labute approximate surface area is 80.7 Å². The minimum atomic E-state index is -0.540. The summed E-state index contributed by atoms with van der Waals surface area (Å²) in [5.41, 5.74) is 0. The first-order valence-corrected chi connectivity index (χ1v) is 4.27. The Balaban J connectivity index is 2.44. The smallest absolute Gasteiger partial charge is 0.358 e. The van der Waals surface area contributed by atoms with E-state index in [1.807, 2.05) is 0 Å². The highest BCUT2D eigenvalue weighted by Crippen LogP contribution is 2.06. The van der Waals surface area contributed by atoms with Crippen LogP contribution in [-0.2, 0) is 11.3 Å². The molecule has 0 unspecified atom stereocenters. The molecule has 0 bridgehead atoms. The molecule has 1 aromatic rings. The highest BCUT2D eigenvalue weighted by molar-refractivity contribution is 5.75. The SMILES string of the molecule is CC(=O)CCCn1ccc([N+](=O)[O-])n1. The molecule has 6 heteroatoms. The molecule has 76 valence electrons. The first-order chi connectivity index (χ1) is 6.59. The molecule has 1 heterocycles. The maximum atomic E-state index is 10.6. The van der Waals surface area contributed by atoms with E-state index in [4.69, 9.17) is 0 Å². The van der Waals surface area contributed by atoms with Gasteiger partial charge in [-0.05, 0) is 18.3 Å². The lowest BCUT2D eigenvalue weighted by molar-refractivity contribution is -0.389. The summed E-state index contributed by atoms with van der Waals surface area (Å²) >= 11 is 0. The fourth-order valence-electron chi connectivity index (χ4n) is 1.06. The van der Waals surface area contributed by atoms with E-state index in [1.54, 1.807) is 0 Å². The van der Waals surface area contributed by atoms with E-state index >= 15 is 0 Å². The number of Topliss-reactive ketones (excluding diaryl/α,β-unsaturated/α-hetero) is 1. The lowest BCUT2D eigenvalue weighted by atomic mass is 10.2. The van der Waals surface area contributed by atoms with E-state index in [0.29, 0.717) is 19.4 Å². The molecule has 14 heavy (non-hydrogen) atoms. The number of aromatic nitrogens is 2. The van der Waals surface area contributed by atoms with E-state index in [1.165, 1.54) is 23.9 Å². The van der Waals surface area contributed by atoms with Crippen LogP contribution < -0.4 is 0 Å². The summed E-state index contributed by atoms with van der Waals surface area (Å²) < 4.78 is 1.47. The summed E-state index contributed by atoms with van der Waals surface area (Å²) in [5, 5.41) is 14.0. The van der Waals surface area contributed by atoms with E-state index in [0.717, 1.165) is 0 Å². The van der Waals surface area contributed by atoms with E-state index < -0.39 is 4.92 Å². The Hall–Kier alpha value is -1.72. The number of carbonyl (C=O) groups is 1. The van der Waals surface area contributed by atoms with Crippen LogP contribution in [0.4, 0.5) is 5.82 Å². The van der Waals surface area contributed by atoms with Gasteiger partial charge in [0.05, 0.1) is 23.9 Å². The average Bonchev–Trinajstić information content (AvgIpc) is 2.52. The third-order valence-corrected chi connectivity index (χ3v) is 1.73. The summed E-state index contributed by atoms with van der Waals surface area (Å²) in [6, 6.07) is 1.34. The van der Waals surface area contributed by atoms with Gasteiger partial charge >= 0.3 is 5.82 Å². The summed E-state index contributed by atoms with van der Waals surface area (Å²) in [7, 11) is 0. The summed E-state index contributed by atoms with van der Waals surface area (Å²) in [6.07, 6.45) is 2.68. The van der Waals surface area contributed by atoms with Crippen molar-refractivity contribution >= 4 is 11.6 Å². The monoisotopic (exact) mass is 197 g/mol. The first-order valence-electron chi connectivity index (χ1n) is 4.27. The molecule has 0 aromatic carbocycles. The predicted molar refractivity (Wildman–Crippen MR) is 48.8 cm³/mol. The molecule has 1 rings (SSSR count). The number of nitrogens with zero attached hydrogens (tertiary/aromatic N) is 3. The number of nitro groups is 1. The molecule has 0 fully saturated rings. The fourth-order valence-corrected chi connectivity index (χ4v) is 1.06. The molecular formula is C8H11N3O3. The number of hydrogen-bond acceptors (Lipinski definition) is 4. The molecular weight excluding hydrogens is 186 g/mol. The normalized spacial score (nSPS) is 10.1. The molecule has 0 aliphatic heterocycles. The second kappa shape index (κ2) is 4.50. The molecule has 0 aliphatic carbocycles. The van der Waals surface area contributed by atoms with Crippen molar-refractivity contribution in [3.63, 3.8) is 0 Å². The minimum Gasteiger partial charge on any atom is -0.358 e. The molecule has 0 aliphatic rings. The Morgan fingerprint density at radius 1 is 1.71 bits per heavy atom. The van der Waals surface area contributed by atoms with E-state index in [-0.39, 0.29) is 11.6 Å². The Kier molecular flexibility index (Phi) is 3.33. The highest BCUT2D eigenvalue weighted by atomic mass is 16.6. The second-order valence-electron chi connectivity index (χ2n) is 3.00. The van der Waals surface area contributed by atoms with Crippen LogP contribution in [0.15, 0.2) is 12.3 Å². The highest BCUT2D eigenvalue weighted by Gasteiger charge is 2.09. The topological polar surface area (TPSA) is 78.0 Å². The number of carbonyl (C=O) groups excluding carboxylic acids is 1. The number of aryl methyl sites for hydroxylation is 1. The van der Waals surface area contributed by atoms with Crippen molar-refractivity contribution in [3.05, 3.63) is 22.4 Å². The van der Waals surface area contributed by atoms with Gasteiger partial charge in [0.15, 0.2) is 0 Å². The summed E-state index contributed by atoms with van der Waals surface area (Å²) in [4.78, 5) is 20.3. The van der Waals surface area contributed by atoms with Crippen LogP contribution in [0.5, 0.6) is 0 Å². The van der Waals surface area contributed by atoms with Crippen molar-refractivity contribution in [1.82, 2.24) is 9.78 Å². The van der Waals surface area contributed by atoms with Gasteiger partial charge in [0.25, 0.3) is 0 Å². The van der Waals surface area contributed by atoms with Crippen LogP contribution in [-0.4, -0.2) is 20.5 Å². The number of ketones is 1. The molecule has 0 saturated heterocycles. The van der Waals surface area contributed by atoms with Crippen LogP contribution in [0.25, 0.3) is 0 Å². The van der Waals surface area contributed by atoms with E-state index in [9.17, 15) is 14.9 Å². The quantitative estimate of drug-likeness (QED) is 0.524. The van der Waals surface area contributed by atoms with Gasteiger partial charge in [-0.3, -0.25) is 0 Å². The molecule has 1 aromatic heterocycles. The maximum absolute atomic E-state index is 10.6. The van der Waals surface area contributed by atoms with Crippen molar-refractivity contribution in [2.75, 3.05) is 0 Å². The maximum Gasteiger partial charge on any atom is 0.389 e. The van der Waals surface area contributed by atoms with Crippen LogP contribution in [0, 0.1) is 10.1 Å². The minimum absolute atomic E-state index is 0.117. The third kappa shape index (κ3) is 2.96. The molecule has 0 spiro atoms. The molecule has 0 amide bonds. The Morgan fingerprint density at radius 3 is 2.93 bits per heavy atom. The first kappa shape index (κ1) is 10.4. The average molecular weight is 197 g/mol. The molecule has 0 N–H and O–H groups in total. The zero-order valence-electron chi connectivity index (χ0n) is 7.84. The second-order valence-corrected chi connectivity index (χ2v) is 3.00. The number of rotatable bonds is 5. The van der Waals surface area contributed by atoms with Gasteiger partial charge in [-0.25, -0.2) is 0 Å². The van der Waals surface area contributed by atoms with Crippen molar-refractivity contribution in [2.45, 2.75) is 26.3 Å². The summed E-state index contributed by atoms with van der Waals surface area (Å²) in [6.45, 7) is 2.05. The molecule has 0 atom stereocenters. The predicted octanol–water partition coefficient (Wildman–Crippen LogP) is 1.16. The van der Waals surface area contributed by atoms with Gasteiger partial charge in [-0.15, -0.1) is 0 Å². The molecule has 0 radical (unpaired) electrons. The van der Waals surface area contributed by atoms with Gasteiger partial charge in [-0.1, -0.05) is 0 Å². The van der Waals surface area contributed by atoms with E-state index in [2.05, 4.69) is 5.10 Å². The van der Waals surface area contributed by atoms with Crippen molar-refractivity contribution < 1.29 is 9.72 Å². The number of hydrogen-bond donors (Lipinski definition) is 0. The van der Waals surface area contributed by atoms with Gasteiger partial charge < -0.3 is 14.9 Å². The van der Waals surface area contributed by atoms with Crippen LogP contribution in [0.2, 0.25) is 0 Å². The van der Waals surface area contributed by atoms with Gasteiger partial charge in [0, 0.05) is 6.42 Å². The third-order valence-electron chi connectivity index (χ3n) is 1.73. The lowest BCUT2D eigenvalue weighted by Crippen LogP contribution is -2.01. The molecule has 6 nitrogen and oxygen atoms in total.